The molecule has 3 heterocycles. The lowest BCUT2D eigenvalue weighted by atomic mass is 10.1. The van der Waals surface area contributed by atoms with Gasteiger partial charge in [-0.2, -0.15) is 26.7 Å². The van der Waals surface area contributed by atoms with Crippen LogP contribution in [0.15, 0.2) is 35.6 Å². The summed E-state index contributed by atoms with van der Waals surface area (Å²) in [6, 6.07) is 5.22. The highest BCUT2D eigenvalue weighted by molar-refractivity contribution is 7.90. The molecule has 0 radical (unpaired) electrons. The van der Waals surface area contributed by atoms with Crippen LogP contribution in [0.1, 0.15) is 34.2 Å². The lowest BCUT2D eigenvalue weighted by Crippen LogP contribution is -2.46. The molecule has 1 aliphatic heterocycles. The van der Waals surface area contributed by atoms with Gasteiger partial charge in [0.2, 0.25) is 0 Å². The number of hydrogen-bond donors (Lipinski definition) is 1. The summed E-state index contributed by atoms with van der Waals surface area (Å²) in [5.41, 5.74) is -4.02. The van der Waals surface area contributed by atoms with Gasteiger partial charge in [-0.05, 0) is 42.7 Å². The van der Waals surface area contributed by atoms with E-state index in [2.05, 4.69) is 15.4 Å². The minimum Gasteiger partial charge on any atom is -0.347 e. The van der Waals surface area contributed by atoms with Crippen molar-refractivity contribution in [1.29, 1.82) is 0 Å². The molecule has 4 rings (SSSR count). The van der Waals surface area contributed by atoms with E-state index in [-0.39, 0.29) is 34.4 Å². The molecule has 0 bridgehead atoms. The van der Waals surface area contributed by atoms with E-state index in [0.717, 1.165) is 11.1 Å². The van der Waals surface area contributed by atoms with Crippen LogP contribution in [-0.2, 0) is 23.0 Å². The topological polar surface area (TPSA) is 99.4 Å². The number of alkyl halides is 3. The molecule has 1 amide bonds. The summed E-state index contributed by atoms with van der Waals surface area (Å²) in [4.78, 5) is 17.1. The van der Waals surface area contributed by atoms with Crippen molar-refractivity contribution in [2.45, 2.75) is 32.3 Å². The molecular weight excluding hydrogens is 523 g/mol. The number of pyridine rings is 1. The molecule has 198 valence electrons. The van der Waals surface area contributed by atoms with Crippen LogP contribution < -0.4 is 10.3 Å². The summed E-state index contributed by atoms with van der Waals surface area (Å²) >= 11 is 0. The number of sulfonamides is 1. The largest absolute Gasteiger partial charge is 0.516 e. The maximum absolute atomic E-state index is 14.8. The van der Waals surface area contributed by atoms with Crippen LogP contribution in [0, 0.1) is 18.6 Å². The summed E-state index contributed by atoms with van der Waals surface area (Å²) in [7, 11) is -5.58. The summed E-state index contributed by atoms with van der Waals surface area (Å²) in [6.07, 6.45) is 2.45. The number of aromatic nitrogens is 2. The summed E-state index contributed by atoms with van der Waals surface area (Å²) in [6.45, 7) is 2.48. The fourth-order valence-corrected chi connectivity index (χ4v) is 4.58. The Hall–Kier alpha value is -3.75. The van der Waals surface area contributed by atoms with E-state index < -0.39 is 39.6 Å². The number of halogens is 5. The third-order valence-electron chi connectivity index (χ3n) is 5.63. The molecule has 1 aliphatic rings. The number of amides is 1. The van der Waals surface area contributed by atoms with E-state index in [9.17, 15) is 35.2 Å². The molecular formula is C22H21F5N6O3S. The van der Waals surface area contributed by atoms with Crippen LogP contribution in [0.2, 0.25) is 0 Å². The summed E-state index contributed by atoms with van der Waals surface area (Å²) in [5.74, 6) is -1.88. The molecule has 0 saturated heterocycles. The zero-order valence-corrected chi connectivity index (χ0v) is 20.4. The van der Waals surface area contributed by atoms with E-state index in [1.165, 1.54) is 22.6 Å². The van der Waals surface area contributed by atoms with Crippen molar-refractivity contribution in [1.82, 2.24) is 19.0 Å². The Morgan fingerprint density at radius 1 is 1.14 bits per heavy atom. The van der Waals surface area contributed by atoms with Crippen molar-refractivity contribution in [2.75, 3.05) is 18.1 Å². The second kappa shape index (κ2) is 9.61. The van der Waals surface area contributed by atoms with E-state index >= 15 is 0 Å². The zero-order valence-electron chi connectivity index (χ0n) is 19.6. The Bertz CT molecular complexity index is 1500. The standard InChI is InChI=1S/C22H21F5N6O3S/c1-3-17-19(32-11-13(2)8-16(24)20(32)30-17)21(34)28-10-14-4-5-18(15(23)9-14)33-7-6-31(12-29-33)37(35,36)22(25,26)27/h4-5,8-9,11-12H,3,6-7,10H2,1-2H3,(H,28,34). The Labute approximate surface area is 208 Å². The van der Waals surface area contributed by atoms with Gasteiger partial charge in [0.25, 0.3) is 5.91 Å². The first-order chi connectivity index (χ1) is 17.3. The first kappa shape index (κ1) is 26.3. The van der Waals surface area contributed by atoms with Crippen LogP contribution in [0.3, 0.4) is 0 Å². The molecule has 2 aromatic heterocycles. The van der Waals surface area contributed by atoms with Crippen molar-refractivity contribution in [3.8, 4) is 0 Å². The smallest absolute Gasteiger partial charge is 0.347 e. The molecule has 0 fully saturated rings. The highest BCUT2D eigenvalue weighted by Gasteiger charge is 2.50. The van der Waals surface area contributed by atoms with Crippen molar-refractivity contribution in [2.24, 2.45) is 5.10 Å². The van der Waals surface area contributed by atoms with Gasteiger partial charge in [-0.1, -0.05) is 13.0 Å². The first-order valence-corrected chi connectivity index (χ1v) is 12.4. The van der Waals surface area contributed by atoms with Gasteiger partial charge in [0, 0.05) is 12.7 Å². The second-order valence-corrected chi connectivity index (χ2v) is 10.1. The fraction of sp³-hybridized carbons (Fsp3) is 0.318. The van der Waals surface area contributed by atoms with Gasteiger partial charge in [-0.25, -0.2) is 18.1 Å². The molecule has 9 nitrogen and oxygen atoms in total. The number of carbonyl (C=O) groups is 1. The average molecular weight is 545 g/mol. The lowest BCUT2D eigenvalue weighted by Gasteiger charge is -2.29. The van der Waals surface area contributed by atoms with Gasteiger partial charge in [-0.3, -0.25) is 14.2 Å². The lowest BCUT2D eigenvalue weighted by molar-refractivity contribution is -0.0471. The van der Waals surface area contributed by atoms with E-state index in [0.29, 0.717) is 29.6 Å². The minimum absolute atomic E-state index is 0.0201. The number of nitrogens with one attached hydrogen (secondary N) is 1. The zero-order chi connectivity index (χ0) is 27.1. The highest BCUT2D eigenvalue weighted by Crippen LogP contribution is 2.28. The second-order valence-electron chi connectivity index (χ2n) is 8.20. The molecule has 0 spiro atoms. The number of hydrazone groups is 1. The quantitative estimate of drug-likeness (QED) is 0.480. The van der Waals surface area contributed by atoms with Gasteiger partial charge in [0.1, 0.15) is 17.8 Å². The number of carbonyl (C=O) groups excluding carboxylic acids is 1. The van der Waals surface area contributed by atoms with Crippen LogP contribution >= 0.6 is 0 Å². The number of nitrogens with zero attached hydrogens (tertiary/aromatic N) is 5. The average Bonchev–Trinajstić information content (AvgIpc) is 3.21. The third-order valence-corrected chi connectivity index (χ3v) is 7.11. The predicted molar refractivity (Wildman–Crippen MR) is 124 cm³/mol. The molecule has 1 aromatic carbocycles. The molecule has 15 heteroatoms. The minimum atomic E-state index is -5.58. The normalized spacial score (nSPS) is 14.5. The van der Waals surface area contributed by atoms with Gasteiger partial charge in [-0.15, -0.1) is 0 Å². The van der Waals surface area contributed by atoms with Crippen molar-refractivity contribution >= 4 is 33.6 Å². The van der Waals surface area contributed by atoms with E-state index in [4.69, 9.17) is 0 Å². The van der Waals surface area contributed by atoms with E-state index in [1.54, 1.807) is 20.0 Å². The van der Waals surface area contributed by atoms with Crippen LogP contribution in [0.5, 0.6) is 0 Å². The predicted octanol–water partition coefficient (Wildman–Crippen LogP) is 3.33. The van der Waals surface area contributed by atoms with Gasteiger partial charge < -0.3 is 5.32 Å². The first-order valence-electron chi connectivity index (χ1n) is 11.0. The van der Waals surface area contributed by atoms with Gasteiger partial charge in [0.05, 0.1) is 24.5 Å². The molecule has 0 saturated carbocycles. The Morgan fingerprint density at radius 3 is 2.46 bits per heavy atom. The van der Waals surface area contributed by atoms with Crippen LogP contribution in [-0.4, -0.2) is 53.0 Å². The number of hydrogen-bond acceptors (Lipinski definition) is 6. The molecule has 0 aliphatic carbocycles. The molecule has 3 aromatic rings. The number of rotatable bonds is 6. The summed E-state index contributed by atoms with van der Waals surface area (Å²) in [5, 5.41) is 7.32. The Morgan fingerprint density at radius 2 is 1.86 bits per heavy atom. The molecule has 37 heavy (non-hydrogen) atoms. The Balaban J connectivity index is 1.48. The number of imidazole rings is 1. The van der Waals surface area contributed by atoms with E-state index in [1.807, 2.05) is 0 Å². The highest BCUT2D eigenvalue weighted by atomic mass is 32.2. The monoisotopic (exact) mass is 544 g/mol. The number of benzene rings is 1. The number of fused-ring (bicyclic) bond motifs is 1. The van der Waals surface area contributed by atoms with Crippen molar-refractivity contribution in [3.63, 3.8) is 0 Å². The van der Waals surface area contributed by atoms with Gasteiger partial charge >= 0.3 is 15.5 Å². The summed E-state index contributed by atoms with van der Waals surface area (Å²) < 4.78 is 91.6. The maximum Gasteiger partial charge on any atom is 0.516 e. The van der Waals surface area contributed by atoms with Crippen LogP contribution in [0.4, 0.5) is 27.6 Å². The molecule has 0 unspecified atom stereocenters. The van der Waals surface area contributed by atoms with Crippen molar-refractivity contribution in [3.05, 3.63) is 64.6 Å². The third kappa shape index (κ3) is 4.95. The molecule has 1 N–H and O–H groups in total. The SMILES string of the molecule is CCc1nc2c(F)cc(C)cn2c1C(=O)NCc1ccc(N2CCN(S(=O)(=O)C(F)(F)F)C=N2)c(F)c1. The maximum atomic E-state index is 14.8. The Kier molecular flexibility index (Phi) is 6.83. The van der Waals surface area contributed by atoms with Gasteiger partial charge in [0.15, 0.2) is 11.5 Å². The fourth-order valence-electron chi connectivity index (χ4n) is 3.83. The number of anilines is 1. The van der Waals surface area contributed by atoms with Crippen LogP contribution in [0.25, 0.3) is 5.65 Å². The number of aryl methyl sites for hydroxylation is 2. The molecule has 0 atom stereocenters. The van der Waals surface area contributed by atoms with Crippen molar-refractivity contribution < 1.29 is 35.2 Å².